The Hall–Kier alpha value is -3.39. The first-order chi connectivity index (χ1) is 13.6. The second kappa shape index (κ2) is 9.52. The second-order valence-electron chi connectivity index (χ2n) is 5.93. The molecular formula is C19H20ClN7O. The van der Waals surface area contributed by atoms with E-state index in [9.17, 15) is 4.79 Å². The third-order valence-electron chi connectivity index (χ3n) is 3.67. The molecule has 0 bridgehead atoms. The number of nitrogens with zero attached hydrogens (tertiary/aromatic N) is 3. The summed E-state index contributed by atoms with van der Waals surface area (Å²) in [6, 6.07) is 14.3. The maximum absolute atomic E-state index is 12.0. The first-order valence-electron chi connectivity index (χ1n) is 8.67. The van der Waals surface area contributed by atoms with Crippen LogP contribution in [-0.4, -0.2) is 34.3 Å². The lowest BCUT2D eigenvalue weighted by Gasteiger charge is -2.10. The zero-order valence-electron chi connectivity index (χ0n) is 15.2. The Morgan fingerprint density at radius 3 is 2.57 bits per heavy atom. The highest BCUT2D eigenvalue weighted by Crippen LogP contribution is 2.22. The first-order valence-corrected chi connectivity index (χ1v) is 9.04. The lowest BCUT2D eigenvalue weighted by Crippen LogP contribution is -2.32. The summed E-state index contributed by atoms with van der Waals surface area (Å²) < 4.78 is 0. The fraction of sp³-hybridized carbons (Fsp3) is 0.158. The van der Waals surface area contributed by atoms with Crippen molar-refractivity contribution in [3.8, 4) is 0 Å². The van der Waals surface area contributed by atoms with Gasteiger partial charge >= 0.3 is 6.03 Å². The molecule has 2 heterocycles. The van der Waals surface area contributed by atoms with Gasteiger partial charge in [0.1, 0.15) is 11.6 Å². The number of benzene rings is 1. The lowest BCUT2D eigenvalue weighted by molar-refractivity contribution is 0.252. The highest BCUT2D eigenvalue weighted by atomic mass is 35.5. The Bertz CT molecular complexity index is 919. The topological polar surface area (TPSA) is 104 Å². The van der Waals surface area contributed by atoms with Gasteiger partial charge in [-0.15, -0.1) is 10.2 Å². The Kier molecular flexibility index (Phi) is 6.59. The first kappa shape index (κ1) is 19.4. The van der Waals surface area contributed by atoms with Crippen molar-refractivity contribution in [1.29, 1.82) is 0 Å². The largest absolute Gasteiger partial charge is 0.367 e. The summed E-state index contributed by atoms with van der Waals surface area (Å²) in [6.07, 6.45) is 1.70. The molecule has 28 heavy (non-hydrogen) atoms. The van der Waals surface area contributed by atoms with Crippen LogP contribution in [0.15, 0.2) is 54.7 Å². The van der Waals surface area contributed by atoms with Gasteiger partial charge < -0.3 is 21.3 Å². The Morgan fingerprint density at radius 1 is 1.00 bits per heavy atom. The molecule has 0 aliphatic rings. The minimum absolute atomic E-state index is 0.324. The third kappa shape index (κ3) is 5.82. The SMILES string of the molecule is Cc1ccc(Cl)c(NC(=O)NCCNc2ccc(Nc3ccccn3)nn2)c1. The van der Waals surface area contributed by atoms with Crippen molar-refractivity contribution in [2.45, 2.75) is 6.92 Å². The molecule has 0 spiro atoms. The molecule has 0 aliphatic heterocycles. The molecular weight excluding hydrogens is 378 g/mol. The van der Waals surface area contributed by atoms with Crippen LogP contribution in [0.4, 0.5) is 27.9 Å². The average molecular weight is 398 g/mol. The van der Waals surface area contributed by atoms with Gasteiger partial charge in [-0.2, -0.15) is 0 Å². The number of pyridine rings is 1. The fourth-order valence-corrected chi connectivity index (χ4v) is 2.49. The van der Waals surface area contributed by atoms with Gasteiger partial charge in [-0.1, -0.05) is 23.7 Å². The monoisotopic (exact) mass is 397 g/mol. The number of hydrogen-bond donors (Lipinski definition) is 4. The highest BCUT2D eigenvalue weighted by Gasteiger charge is 2.05. The van der Waals surface area contributed by atoms with Gasteiger partial charge in [0.25, 0.3) is 0 Å². The molecule has 3 aromatic rings. The second-order valence-corrected chi connectivity index (χ2v) is 6.34. The van der Waals surface area contributed by atoms with Gasteiger partial charge in [-0.05, 0) is 48.9 Å². The minimum Gasteiger partial charge on any atom is -0.367 e. The van der Waals surface area contributed by atoms with E-state index in [0.717, 1.165) is 5.56 Å². The van der Waals surface area contributed by atoms with Crippen LogP contribution in [0, 0.1) is 6.92 Å². The van der Waals surface area contributed by atoms with Gasteiger partial charge in [-0.25, -0.2) is 9.78 Å². The number of aryl methyl sites for hydroxylation is 1. The van der Waals surface area contributed by atoms with Crippen LogP contribution in [0.5, 0.6) is 0 Å². The summed E-state index contributed by atoms with van der Waals surface area (Å²) in [5.41, 5.74) is 1.59. The lowest BCUT2D eigenvalue weighted by atomic mass is 10.2. The van der Waals surface area contributed by atoms with Crippen molar-refractivity contribution in [3.05, 3.63) is 65.3 Å². The van der Waals surface area contributed by atoms with E-state index in [0.29, 0.717) is 41.3 Å². The summed E-state index contributed by atoms with van der Waals surface area (Å²) in [6.45, 7) is 2.84. The maximum Gasteiger partial charge on any atom is 0.319 e. The number of anilines is 4. The molecule has 4 N–H and O–H groups in total. The molecule has 0 saturated heterocycles. The number of carbonyl (C=O) groups is 1. The van der Waals surface area contributed by atoms with Crippen molar-refractivity contribution in [2.24, 2.45) is 0 Å². The summed E-state index contributed by atoms with van der Waals surface area (Å²) in [4.78, 5) is 16.1. The van der Waals surface area contributed by atoms with E-state index >= 15 is 0 Å². The van der Waals surface area contributed by atoms with Gasteiger partial charge in [-0.3, -0.25) is 0 Å². The molecule has 0 saturated carbocycles. The van der Waals surface area contributed by atoms with Crippen LogP contribution in [-0.2, 0) is 0 Å². The maximum atomic E-state index is 12.0. The number of rotatable bonds is 7. The molecule has 2 aromatic heterocycles. The van der Waals surface area contributed by atoms with Crippen LogP contribution in [0.1, 0.15) is 5.56 Å². The van der Waals surface area contributed by atoms with Crippen LogP contribution in [0.3, 0.4) is 0 Å². The van der Waals surface area contributed by atoms with E-state index in [1.54, 1.807) is 24.4 Å². The molecule has 0 fully saturated rings. The Balaban J connectivity index is 1.40. The van der Waals surface area contributed by atoms with Crippen LogP contribution < -0.4 is 21.3 Å². The van der Waals surface area contributed by atoms with Gasteiger partial charge in [0.2, 0.25) is 0 Å². The molecule has 9 heteroatoms. The summed E-state index contributed by atoms with van der Waals surface area (Å²) in [5.74, 6) is 1.90. The number of hydrogen-bond acceptors (Lipinski definition) is 6. The van der Waals surface area contributed by atoms with Gasteiger partial charge in [0, 0.05) is 19.3 Å². The quantitative estimate of drug-likeness (QED) is 0.452. The van der Waals surface area contributed by atoms with E-state index in [1.807, 2.05) is 37.3 Å². The number of aromatic nitrogens is 3. The third-order valence-corrected chi connectivity index (χ3v) is 4.00. The summed E-state index contributed by atoms with van der Waals surface area (Å²) in [5, 5.41) is 20.3. The number of amides is 2. The van der Waals surface area contributed by atoms with Crippen LogP contribution >= 0.6 is 11.6 Å². The van der Waals surface area contributed by atoms with Crippen molar-refractivity contribution in [2.75, 3.05) is 29.0 Å². The molecule has 1 aromatic carbocycles. The van der Waals surface area contributed by atoms with Crippen molar-refractivity contribution in [3.63, 3.8) is 0 Å². The van der Waals surface area contributed by atoms with E-state index in [1.165, 1.54) is 0 Å². The van der Waals surface area contributed by atoms with Crippen LogP contribution in [0.2, 0.25) is 5.02 Å². The predicted molar refractivity (Wildman–Crippen MR) is 111 cm³/mol. The van der Waals surface area contributed by atoms with E-state index in [2.05, 4.69) is 36.4 Å². The molecule has 2 amide bonds. The van der Waals surface area contributed by atoms with E-state index < -0.39 is 0 Å². The van der Waals surface area contributed by atoms with Crippen LogP contribution in [0.25, 0.3) is 0 Å². The van der Waals surface area contributed by atoms with Crippen molar-refractivity contribution >= 4 is 40.8 Å². The average Bonchev–Trinajstić information content (AvgIpc) is 2.70. The molecule has 144 valence electrons. The Labute approximate surface area is 167 Å². The normalized spacial score (nSPS) is 10.2. The van der Waals surface area contributed by atoms with Gasteiger partial charge in [0.15, 0.2) is 5.82 Å². The summed E-state index contributed by atoms with van der Waals surface area (Å²) in [7, 11) is 0. The predicted octanol–water partition coefficient (Wildman–Crippen LogP) is 3.81. The van der Waals surface area contributed by atoms with E-state index in [4.69, 9.17) is 11.6 Å². The van der Waals surface area contributed by atoms with E-state index in [-0.39, 0.29) is 6.03 Å². The number of nitrogens with one attached hydrogen (secondary N) is 4. The highest BCUT2D eigenvalue weighted by molar-refractivity contribution is 6.33. The standard InChI is InChI=1S/C19H20ClN7O/c1-13-5-6-14(20)15(12-13)24-19(28)23-11-10-22-17-7-8-18(27-26-17)25-16-4-2-3-9-21-16/h2-9,12H,10-11H2,1H3,(H,22,26)(H,21,25,27)(H2,23,24,28). The fourth-order valence-electron chi connectivity index (χ4n) is 2.33. The number of halogens is 1. The smallest absolute Gasteiger partial charge is 0.319 e. The molecule has 0 unspecified atom stereocenters. The zero-order valence-corrected chi connectivity index (χ0v) is 16.0. The molecule has 0 radical (unpaired) electrons. The molecule has 8 nitrogen and oxygen atoms in total. The minimum atomic E-state index is -0.324. The zero-order chi connectivity index (χ0) is 19.8. The van der Waals surface area contributed by atoms with Crippen molar-refractivity contribution in [1.82, 2.24) is 20.5 Å². The number of urea groups is 1. The van der Waals surface area contributed by atoms with Crippen molar-refractivity contribution < 1.29 is 4.79 Å². The summed E-state index contributed by atoms with van der Waals surface area (Å²) >= 11 is 6.07. The Morgan fingerprint density at radius 2 is 1.82 bits per heavy atom. The molecule has 0 aliphatic carbocycles. The number of carbonyl (C=O) groups excluding carboxylic acids is 1. The molecule has 0 atom stereocenters. The van der Waals surface area contributed by atoms with Gasteiger partial charge in [0.05, 0.1) is 10.7 Å². The molecule has 3 rings (SSSR count).